The maximum atomic E-state index is 10.4. The average molecular weight is 247 g/mol. The van der Waals surface area contributed by atoms with Crippen LogP contribution in [-0.2, 0) is 11.3 Å². The van der Waals surface area contributed by atoms with Crippen LogP contribution < -0.4 is 10.5 Å². The van der Waals surface area contributed by atoms with Gasteiger partial charge in [-0.2, -0.15) is 0 Å². The van der Waals surface area contributed by atoms with Crippen molar-refractivity contribution in [3.05, 3.63) is 48.5 Å². The Morgan fingerprint density at radius 3 is 1.88 bits per heavy atom. The summed E-state index contributed by atoms with van der Waals surface area (Å²) in [5.41, 5.74) is 8.90. The highest BCUT2D eigenvalue weighted by Crippen LogP contribution is 2.22. The first kappa shape index (κ1) is 11.6. The lowest BCUT2D eigenvalue weighted by Crippen LogP contribution is -2.01. The second-order valence-corrected chi connectivity index (χ2v) is 4.21. The molecule has 0 aliphatic carbocycles. The molecule has 5 heteroatoms. The summed E-state index contributed by atoms with van der Waals surface area (Å²) in [4.78, 5) is 0. The van der Waals surface area contributed by atoms with Gasteiger partial charge in [-0.3, -0.25) is 4.21 Å². The van der Waals surface area contributed by atoms with Gasteiger partial charge in [0.15, 0.2) is 0 Å². The van der Waals surface area contributed by atoms with Crippen molar-refractivity contribution in [1.82, 2.24) is 0 Å². The van der Waals surface area contributed by atoms with Gasteiger partial charge < -0.3 is 15.0 Å². The maximum absolute atomic E-state index is 10.4. The smallest absolute Gasteiger partial charge is 0.0452 e. The van der Waals surface area contributed by atoms with Crippen molar-refractivity contribution < 1.29 is 8.76 Å². The van der Waals surface area contributed by atoms with Gasteiger partial charge in [-0.25, -0.2) is 0 Å². The van der Waals surface area contributed by atoms with Crippen LogP contribution in [0, 0.1) is 0 Å². The topological polar surface area (TPSA) is 78.2 Å². The van der Waals surface area contributed by atoms with Crippen LogP contribution in [-0.4, -0.2) is 8.76 Å². The Morgan fingerprint density at radius 1 is 0.941 bits per heavy atom. The highest BCUT2D eigenvalue weighted by molar-refractivity contribution is 7.80. The number of nitrogens with two attached hydrogens (primary N) is 1. The van der Waals surface area contributed by atoms with E-state index in [2.05, 4.69) is 4.72 Å². The van der Waals surface area contributed by atoms with E-state index in [0.29, 0.717) is 11.4 Å². The molecular weight excluding hydrogens is 236 g/mol. The third kappa shape index (κ3) is 3.05. The standard InChI is InChI=1S/C12H12N2O2S/c13-11-5-1-9(2-6-11)10-3-7-12(8-4-10)14-17(15)16/h1-8,14H,13H2,(H,15,16)/p-1. The van der Waals surface area contributed by atoms with Gasteiger partial charge in [-0.15, -0.1) is 0 Å². The number of nitrogen functional groups attached to an aromatic ring is 1. The van der Waals surface area contributed by atoms with Crippen molar-refractivity contribution in [1.29, 1.82) is 0 Å². The molecule has 0 amide bonds. The summed E-state index contributed by atoms with van der Waals surface area (Å²) in [6.45, 7) is 0. The molecule has 3 N–H and O–H groups in total. The first-order valence-corrected chi connectivity index (χ1v) is 6.04. The largest absolute Gasteiger partial charge is 0.755 e. The zero-order valence-electron chi connectivity index (χ0n) is 8.92. The summed E-state index contributed by atoms with van der Waals surface area (Å²) in [5, 5.41) is 0. The minimum Gasteiger partial charge on any atom is -0.755 e. The predicted molar refractivity (Wildman–Crippen MR) is 68.8 cm³/mol. The molecule has 0 aliphatic rings. The number of benzene rings is 2. The number of hydrogen-bond acceptors (Lipinski definition) is 3. The molecule has 0 aliphatic heterocycles. The summed E-state index contributed by atoms with van der Waals surface area (Å²) in [5.74, 6) is 0. The van der Waals surface area contributed by atoms with Crippen molar-refractivity contribution >= 4 is 22.6 Å². The molecule has 1 atom stereocenters. The van der Waals surface area contributed by atoms with Gasteiger partial charge in [0, 0.05) is 22.6 Å². The number of rotatable bonds is 3. The van der Waals surface area contributed by atoms with E-state index in [4.69, 9.17) is 5.73 Å². The second-order valence-electron chi connectivity index (χ2n) is 3.54. The minimum absolute atomic E-state index is 0.539. The fraction of sp³-hybridized carbons (Fsp3) is 0. The van der Waals surface area contributed by atoms with E-state index in [1.54, 1.807) is 12.1 Å². The van der Waals surface area contributed by atoms with Crippen LogP contribution in [0.2, 0.25) is 0 Å². The Balaban J connectivity index is 2.23. The van der Waals surface area contributed by atoms with Crippen LogP contribution in [0.5, 0.6) is 0 Å². The van der Waals surface area contributed by atoms with Gasteiger partial charge in [0.05, 0.1) is 0 Å². The fourth-order valence-corrected chi connectivity index (χ4v) is 1.83. The van der Waals surface area contributed by atoms with Gasteiger partial charge in [0.1, 0.15) is 0 Å². The lowest BCUT2D eigenvalue weighted by Gasteiger charge is -2.09. The van der Waals surface area contributed by atoms with Crippen LogP contribution in [0.4, 0.5) is 11.4 Å². The molecule has 0 spiro atoms. The van der Waals surface area contributed by atoms with E-state index in [1.165, 1.54) is 0 Å². The lowest BCUT2D eigenvalue weighted by molar-refractivity contribution is 0.542. The van der Waals surface area contributed by atoms with E-state index in [-0.39, 0.29) is 0 Å². The van der Waals surface area contributed by atoms with Crippen molar-refractivity contribution in [3.63, 3.8) is 0 Å². The number of anilines is 2. The molecule has 0 radical (unpaired) electrons. The van der Waals surface area contributed by atoms with Gasteiger partial charge >= 0.3 is 0 Å². The molecule has 4 nitrogen and oxygen atoms in total. The summed E-state index contributed by atoms with van der Waals surface area (Å²) >= 11 is -2.29. The molecule has 2 aromatic carbocycles. The van der Waals surface area contributed by atoms with Crippen molar-refractivity contribution in [3.8, 4) is 11.1 Å². The highest BCUT2D eigenvalue weighted by Gasteiger charge is 1.97. The van der Waals surface area contributed by atoms with E-state index in [1.807, 2.05) is 36.4 Å². The molecule has 2 rings (SSSR count). The summed E-state index contributed by atoms with van der Waals surface area (Å²) < 4.78 is 23.2. The van der Waals surface area contributed by atoms with Crippen LogP contribution in [0.3, 0.4) is 0 Å². The van der Waals surface area contributed by atoms with Crippen LogP contribution in [0.15, 0.2) is 48.5 Å². The van der Waals surface area contributed by atoms with Gasteiger partial charge in [0.2, 0.25) is 0 Å². The summed E-state index contributed by atoms with van der Waals surface area (Å²) in [6, 6.07) is 14.6. The van der Waals surface area contributed by atoms with Crippen LogP contribution in [0.25, 0.3) is 11.1 Å². The lowest BCUT2D eigenvalue weighted by atomic mass is 10.1. The third-order valence-corrected chi connectivity index (χ3v) is 2.73. The molecule has 17 heavy (non-hydrogen) atoms. The first-order chi connectivity index (χ1) is 8.15. The van der Waals surface area contributed by atoms with Crippen molar-refractivity contribution in [2.45, 2.75) is 0 Å². The van der Waals surface area contributed by atoms with Gasteiger partial charge in [-0.1, -0.05) is 24.3 Å². The van der Waals surface area contributed by atoms with Crippen molar-refractivity contribution in [2.24, 2.45) is 0 Å². The van der Waals surface area contributed by atoms with Crippen LogP contribution in [0.1, 0.15) is 0 Å². The van der Waals surface area contributed by atoms with E-state index >= 15 is 0 Å². The van der Waals surface area contributed by atoms with Crippen LogP contribution >= 0.6 is 0 Å². The number of hydrogen-bond donors (Lipinski definition) is 2. The molecular formula is C12H11N2O2S-. The molecule has 0 saturated carbocycles. The molecule has 2 aromatic rings. The Kier molecular flexibility index (Phi) is 3.41. The molecule has 1 unspecified atom stereocenters. The quantitative estimate of drug-likeness (QED) is 0.644. The van der Waals surface area contributed by atoms with Gasteiger partial charge in [-0.05, 0) is 35.4 Å². The van der Waals surface area contributed by atoms with Gasteiger partial charge in [0.25, 0.3) is 0 Å². The second kappa shape index (κ2) is 4.99. The molecule has 88 valence electrons. The summed E-state index contributed by atoms with van der Waals surface area (Å²) in [6.07, 6.45) is 0. The fourth-order valence-electron chi connectivity index (χ4n) is 1.50. The van der Waals surface area contributed by atoms with Crippen molar-refractivity contribution in [2.75, 3.05) is 10.5 Å². The molecule has 0 bridgehead atoms. The highest BCUT2D eigenvalue weighted by atomic mass is 32.2. The maximum Gasteiger partial charge on any atom is 0.0452 e. The zero-order valence-corrected chi connectivity index (χ0v) is 9.74. The third-order valence-electron chi connectivity index (χ3n) is 2.33. The Labute approximate surface area is 102 Å². The SMILES string of the molecule is Nc1ccc(-c2ccc(NS(=O)[O-])cc2)cc1. The monoisotopic (exact) mass is 247 g/mol. The molecule has 0 heterocycles. The molecule has 0 saturated heterocycles. The average Bonchev–Trinajstić information content (AvgIpc) is 2.30. The normalized spacial score (nSPS) is 12.1. The Bertz CT molecular complexity index is 523. The first-order valence-electron chi connectivity index (χ1n) is 4.97. The van der Waals surface area contributed by atoms with E-state index in [9.17, 15) is 8.76 Å². The molecule has 0 fully saturated rings. The minimum atomic E-state index is -2.29. The Morgan fingerprint density at radius 2 is 1.41 bits per heavy atom. The predicted octanol–water partition coefficient (Wildman–Crippen LogP) is 2.14. The molecule has 0 aromatic heterocycles. The Hall–Kier alpha value is -1.85. The number of nitrogens with one attached hydrogen (secondary N) is 1. The zero-order chi connectivity index (χ0) is 12.3. The summed E-state index contributed by atoms with van der Waals surface area (Å²) in [7, 11) is 0. The van der Waals surface area contributed by atoms with E-state index < -0.39 is 11.3 Å². The van der Waals surface area contributed by atoms with E-state index in [0.717, 1.165) is 11.1 Å².